The summed E-state index contributed by atoms with van der Waals surface area (Å²) in [4.78, 5) is 25.1. The lowest BCUT2D eigenvalue weighted by Gasteiger charge is -2.20. The number of carbonyl (C=O) groups excluding carboxylic acids is 2. The number of esters is 1. The van der Waals surface area contributed by atoms with Gasteiger partial charge < -0.3 is 14.8 Å². The van der Waals surface area contributed by atoms with E-state index in [-0.39, 0.29) is 28.0 Å². The molecule has 0 saturated carbocycles. The van der Waals surface area contributed by atoms with Crippen molar-refractivity contribution in [2.75, 3.05) is 21.2 Å². The van der Waals surface area contributed by atoms with Crippen molar-refractivity contribution in [3.8, 4) is 5.75 Å². The monoisotopic (exact) mass is 482 g/mol. The van der Waals surface area contributed by atoms with E-state index in [4.69, 9.17) is 21.1 Å². The number of methoxy groups -OCH3 is 1. The van der Waals surface area contributed by atoms with Gasteiger partial charge in [-0.25, -0.2) is 12.7 Å². The Balaban J connectivity index is 2.36. The molecule has 2 rings (SSSR count). The van der Waals surface area contributed by atoms with Crippen molar-refractivity contribution in [2.24, 2.45) is 0 Å². The third kappa shape index (κ3) is 6.44. The lowest BCUT2D eigenvalue weighted by Crippen LogP contribution is -2.31. The SMILES string of the molecule is COc1ccc(C(CC(=O)OC(C)C)NC(=O)c2ccc(Cl)c(S(=O)(=O)N(C)C)c2)cc1. The van der Waals surface area contributed by atoms with Gasteiger partial charge in [-0.05, 0) is 49.7 Å². The highest BCUT2D eigenvalue weighted by Crippen LogP contribution is 2.26. The van der Waals surface area contributed by atoms with Crippen LogP contribution in [0.5, 0.6) is 5.75 Å². The summed E-state index contributed by atoms with van der Waals surface area (Å²) in [6.45, 7) is 3.47. The average Bonchev–Trinajstić information content (AvgIpc) is 2.72. The van der Waals surface area contributed by atoms with Gasteiger partial charge in [0.2, 0.25) is 10.0 Å². The smallest absolute Gasteiger partial charge is 0.308 e. The van der Waals surface area contributed by atoms with Crippen LogP contribution in [0.3, 0.4) is 0 Å². The fourth-order valence-electron chi connectivity index (χ4n) is 2.85. The fourth-order valence-corrected chi connectivity index (χ4v) is 4.24. The molecule has 0 aliphatic carbocycles. The number of rotatable bonds is 9. The first kappa shape index (κ1) is 25.6. The van der Waals surface area contributed by atoms with Gasteiger partial charge in [0.15, 0.2) is 0 Å². The highest BCUT2D eigenvalue weighted by atomic mass is 35.5. The average molecular weight is 483 g/mol. The van der Waals surface area contributed by atoms with Crippen molar-refractivity contribution in [1.29, 1.82) is 0 Å². The number of hydrogen-bond donors (Lipinski definition) is 1. The van der Waals surface area contributed by atoms with E-state index in [1.807, 2.05) is 0 Å². The van der Waals surface area contributed by atoms with Gasteiger partial charge in [0.05, 0.1) is 30.7 Å². The third-order valence-corrected chi connectivity index (χ3v) is 6.81. The number of carbonyl (C=O) groups is 2. The predicted octanol–water partition coefficient (Wildman–Crippen LogP) is 3.41. The van der Waals surface area contributed by atoms with Crippen molar-refractivity contribution in [3.63, 3.8) is 0 Å². The minimum Gasteiger partial charge on any atom is -0.497 e. The van der Waals surface area contributed by atoms with Crippen LogP contribution in [-0.4, -0.2) is 51.9 Å². The molecule has 0 spiro atoms. The molecule has 10 heteroatoms. The van der Waals surface area contributed by atoms with E-state index in [2.05, 4.69) is 5.32 Å². The normalized spacial score (nSPS) is 12.5. The van der Waals surface area contributed by atoms with Crippen LogP contribution < -0.4 is 10.1 Å². The summed E-state index contributed by atoms with van der Waals surface area (Å²) in [6.07, 6.45) is -0.406. The maximum Gasteiger partial charge on any atom is 0.308 e. The molecule has 0 aliphatic rings. The van der Waals surface area contributed by atoms with Gasteiger partial charge in [-0.3, -0.25) is 9.59 Å². The third-order valence-electron chi connectivity index (χ3n) is 4.51. The molecule has 1 unspecified atom stereocenters. The first-order chi connectivity index (χ1) is 14.9. The van der Waals surface area contributed by atoms with Crippen LogP contribution in [0.4, 0.5) is 0 Å². The first-order valence-corrected chi connectivity index (χ1v) is 11.6. The van der Waals surface area contributed by atoms with Crippen LogP contribution in [0.15, 0.2) is 47.4 Å². The number of halogens is 1. The molecule has 0 fully saturated rings. The van der Waals surface area contributed by atoms with Crippen LogP contribution in [0.2, 0.25) is 5.02 Å². The first-order valence-electron chi connectivity index (χ1n) is 9.82. The molecular formula is C22H27ClN2O6S. The van der Waals surface area contributed by atoms with Gasteiger partial charge >= 0.3 is 5.97 Å². The Morgan fingerprint density at radius 3 is 2.25 bits per heavy atom. The van der Waals surface area contributed by atoms with E-state index >= 15 is 0 Å². The largest absolute Gasteiger partial charge is 0.497 e. The summed E-state index contributed by atoms with van der Waals surface area (Å²) in [6, 6.07) is 10.2. The molecule has 0 saturated heterocycles. The molecule has 174 valence electrons. The minimum atomic E-state index is -3.85. The van der Waals surface area contributed by atoms with Gasteiger partial charge in [-0.15, -0.1) is 0 Å². The zero-order valence-electron chi connectivity index (χ0n) is 18.6. The number of nitrogens with one attached hydrogen (secondary N) is 1. The molecule has 8 nitrogen and oxygen atoms in total. The van der Waals surface area contributed by atoms with Gasteiger partial charge in [0.25, 0.3) is 5.91 Å². The number of amides is 1. The molecule has 0 aliphatic heterocycles. The van der Waals surface area contributed by atoms with Crippen LogP contribution in [0, 0.1) is 0 Å². The summed E-state index contributed by atoms with van der Waals surface area (Å²) in [5.74, 6) is -0.414. The van der Waals surface area contributed by atoms with Crippen molar-refractivity contribution in [2.45, 2.75) is 37.3 Å². The Labute approximate surface area is 193 Å². The van der Waals surface area contributed by atoms with Crippen molar-refractivity contribution in [3.05, 3.63) is 58.6 Å². The number of ether oxygens (including phenoxy) is 2. The lowest BCUT2D eigenvalue weighted by molar-refractivity contribution is -0.147. The Morgan fingerprint density at radius 1 is 1.09 bits per heavy atom. The molecule has 0 heterocycles. The molecule has 0 bridgehead atoms. The highest BCUT2D eigenvalue weighted by molar-refractivity contribution is 7.89. The quantitative estimate of drug-likeness (QED) is 0.549. The molecule has 0 radical (unpaired) electrons. The zero-order valence-corrected chi connectivity index (χ0v) is 20.2. The summed E-state index contributed by atoms with van der Waals surface area (Å²) >= 11 is 6.07. The highest BCUT2D eigenvalue weighted by Gasteiger charge is 2.25. The van der Waals surface area contributed by atoms with Crippen LogP contribution in [-0.2, 0) is 19.6 Å². The summed E-state index contributed by atoms with van der Waals surface area (Å²) in [5.41, 5.74) is 0.750. The summed E-state index contributed by atoms with van der Waals surface area (Å²) in [5, 5.41) is 2.79. The predicted molar refractivity (Wildman–Crippen MR) is 121 cm³/mol. The van der Waals surface area contributed by atoms with E-state index in [9.17, 15) is 18.0 Å². The Bertz CT molecular complexity index is 1070. The van der Waals surface area contributed by atoms with Crippen molar-refractivity contribution >= 4 is 33.5 Å². The Morgan fingerprint density at radius 2 is 1.72 bits per heavy atom. The van der Waals surface area contributed by atoms with E-state index < -0.39 is 27.9 Å². The molecule has 2 aromatic rings. The zero-order chi connectivity index (χ0) is 24.1. The number of sulfonamides is 1. The summed E-state index contributed by atoms with van der Waals surface area (Å²) in [7, 11) is 0.432. The molecule has 1 N–H and O–H groups in total. The topological polar surface area (TPSA) is 102 Å². The Kier molecular flexibility index (Phi) is 8.65. The molecule has 2 aromatic carbocycles. The molecule has 1 atom stereocenters. The van der Waals surface area contributed by atoms with Gasteiger partial charge in [0.1, 0.15) is 10.6 Å². The van der Waals surface area contributed by atoms with Crippen molar-refractivity contribution < 1.29 is 27.5 Å². The van der Waals surface area contributed by atoms with Crippen LogP contribution in [0.1, 0.15) is 42.2 Å². The van der Waals surface area contributed by atoms with E-state index in [1.165, 1.54) is 39.4 Å². The second-order valence-corrected chi connectivity index (χ2v) is 10.0. The minimum absolute atomic E-state index is 0.00228. The van der Waals surface area contributed by atoms with Crippen LogP contribution in [0.25, 0.3) is 0 Å². The van der Waals surface area contributed by atoms with Gasteiger partial charge in [0, 0.05) is 19.7 Å². The number of benzene rings is 2. The number of hydrogen-bond acceptors (Lipinski definition) is 6. The van der Waals surface area contributed by atoms with E-state index in [0.29, 0.717) is 11.3 Å². The summed E-state index contributed by atoms with van der Waals surface area (Å²) < 4.78 is 36.4. The van der Waals surface area contributed by atoms with E-state index in [0.717, 1.165) is 4.31 Å². The molecular weight excluding hydrogens is 456 g/mol. The number of nitrogens with zero attached hydrogens (tertiary/aromatic N) is 1. The molecule has 0 aromatic heterocycles. The standard InChI is InChI=1S/C22H27ClN2O6S/c1-14(2)31-21(26)13-19(15-6-9-17(30-5)10-7-15)24-22(27)16-8-11-18(23)20(12-16)32(28,29)25(3)4/h6-12,14,19H,13H2,1-5H3,(H,24,27). The van der Waals surface area contributed by atoms with Gasteiger partial charge in [-0.1, -0.05) is 23.7 Å². The fraction of sp³-hybridized carbons (Fsp3) is 0.364. The molecule has 1 amide bonds. The Hall–Kier alpha value is -2.62. The lowest BCUT2D eigenvalue weighted by atomic mass is 10.0. The van der Waals surface area contributed by atoms with Crippen LogP contribution >= 0.6 is 11.6 Å². The second-order valence-electron chi connectivity index (χ2n) is 7.47. The van der Waals surface area contributed by atoms with E-state index in [1.54, 1.807) is 38.1 Å². The maximum absolute atomic E-state index is 13.0. The maximum atomic E-state index is 13.0. The molecule has 32 heavy (non-hydrogen) atoms. The van der Waals surface area contributed by atoms with Crippen molar-refractivity contribution in [1.82, 2.24) is 9.62 Å². The second kappa shape index (κ2) is 10.8. The van der Waals surface area contributed by atoms with Gasteiger partial charge in [-0.2, -0.15) is 0 Å².